The zero-order chi connectivity index (χ0) is 27.0. The van der Waals surface area contributed by atoms with Gasteiger partial charge in [-0.2, -0.15) is 10.4 Å². The van der Waals surface area contributed by atoms with E-state index in [1.165, 1.54) is 0 Å². The summed E-state index contributed by atoms with van der Waals surface area (Å²) in [5, 5.41) is 17.5. The largest absolute Gasteiger partial charge is 0.350 e. The molecule has 9 nitrogen and oxygen atoms in total. The number of carbonyl (C=O) groups is 1. The van der Waals surface area contributed by atoms with E-state index in [-0.39, 0.29) is 23.6 Å². The Kier molecular flexibility index (Phi) is 6.88. The summed E-state index contributed by atoms with van der Waals surface area (Å²) in [6.45, 7) is 8.51. The minimum absolute atomic E-state index is 0.0518. The van der Waals surface area contributed by atoms with Gasteiger partial charge in [-0.1, -0.05) is 30.7 Å². The first-order valence-corrected chi connectivity index (χ1v) is 12.7. The van der Waals surface area contributed by atoms with Crippen LogP contribution in [0, 0.1) is 24.2 Å². The molecule has 4 heterocycles. The molecule has 1 fully saturated rings. The Morgan fingerprint density at radius 1 is 1.26 bits per heavy atom. The van der Waals surface area contributed by atoms with Crippen molar-refractivity contribution >= 4 is 23.2 Å². The topological polar surface area (TPSA) is 114 Å². The van der Waals surface area contributed by atoms with Crippen molar-refractivity contribution < 1.29 is 14.3 Å². The molecule has 0 aliphatic carbocycles. The third kappa shape index (κ3) is 5.24. The summed E-state index contributed by atoms with van der Waals surface area (Å²) in [6.07, 6.45) is 1.60. The van der Waals surface area contributed by atoms with Crippen LogP contribution in [-0.4, -0.2) is 50.5 Å². The lowest BCUT2D eigenvalue weighted by Crippen LogP contribution is -2.35. The first-order chi connectivity index (χ1) is 18.1. The smallest absolute Gasteiger partial charge is 0.270 e. The first kappa shape index (κ1) is 25.8. The van der Waals surface area contributed by atoms with Gasteiger partial charge in [-0.3, -0.25) is 4.79 Å². The van der Waals surface area contributed by atoms with Crippen LogP contribution in [0.25, 0.3) is 28.0 Å². The van der Waals surface area contributed by atoms with E-state index in [0.717, 1.165) is 16.8 Å². The number of nitrogens with zero attached hydrogens (tertiary/aromatic N) is 5. The van der Waals surface area contributed by atoms with Crippen molar-refractivity contribution in [3.8, 4) is 28.5 Å². The van der Waals surface area contributed by atoms with Crippen LogP contribution >= 0.6 is 11.6 Å². The second-order valence-electron chi connectivity index (χ2n) is 9.87. The summed E-state index contributed by atoms with van der Waals surface area (Å²) in [5.41, 5.74) is 4.79. The number of hydrogen-bond donors (Lipinski definition) is 1. The normalized spacial score (nSPS) is 17.3. The van der Waals surface area contributed by atoms with Gasteiger partial charge in [-0.15, -0.1) is 0 Å². The summed E-state index contributed by atoms with van der Waals surface area (Å²) in [4.78, 5) is 22.1. The maximum absolute atomic E-state index is 13.1. The van der Waals surface area contributed by atoms with E-state index in [2.05, 4.69) is 16.4 Å². The number of ether oxygens (including phenoxy) is 2. The molecule has 0 radical (unpaired) electrons. The SMILES string of the molecule is Cc1cc(-c2c(-c3cccc(C#N)c3)nn3ccc(C(=O)NC[C@@H](C)[C@H]4COC(C)(C)O4)nc23)cc(Cl)n1. The Morgan fingerprint density at radius 2 is 2.08 bits per heavy atom. The number of pyridine rings is 1. The molecule has 1 aromatic carbocycles. The van der Waals surface area contributed by atoms with E-state index in [9.17, 15) is 10.1 Å². The molecule has 1 aliphatic rings. The molecule has 194 valence electrons. The monoisotopic (exact) mass is 530 g/mol. The lowest BCUT2D eigenvalue weighted by atomic mass is 10.00. The number of amides is 1. The van der Waals surface area contributed by atoms with Crippen molar-refractivity contribution in [1.82, 2.24) is 24.9 Å². The molecule has 4 aromatic rings. The molecule has 1 N–H and O–H groups in total. The van der Waals surface area contributed by atoms with Crippen molar-refractivity contribution in [3.63, 3.8) is 0 Å². The van der Waals surface area contributed by atoms with Crippen LogP contribution in [0.3, 0.4) is 0 Å². The Hall–Kier alpha value is -3.84. The van der Waals surface area contributed by atoms with E-state index in [0.29, 0.717) is 40.8 Å². The predicted molar refractivity (Wildman–Crippen MR) is 143 cm³/mol. The third-order valence-corrected chi connectivity index (χ3v) is 6.64. The zero-order valence-corrected chi connectivity index (χ0v) is 22.3. The Balaban J connectivity index is 1.51. The molecule has 2 atom stereocenters. The van der Waals surface area contributed by atoms with Gasteiger partial charge in [0.2, 0.25) is 0 Å². The van der Waals surface area contributed by atoms with Gasteiger partial charge in [-0.25, -0.2) is 14.5 Å². The van der Waals surface area contributed by atoms with Crippen LogP contribution in [0.1, 0.15) is 42.5 Å². The van der Waals surface area contributed by atoms with Crippen LogP contribution in [0.15, 0.2) is 48.7 Å². The number of nitrogens with one attached hydrogen (secondary N) is 1. The fraction of sp³-hybridized carbons (Fsp3) is 0.321. The number of rotatable bonds is 6. The van der Waals surface area contributed by atoms with Gasteiger partial charge in [0.25, 0.3) is 5.91 Å². The van der Waals surface area contributed by atoms with E-state index < -0.39 is 5.79 Å². The van der Waals surface area contributed by atoms with Crippen LogP contribution in [0.2, 0.25) is 5.15 Å². The molecule has 1 aliphatic heterocycles. The standard InChI is InChI=1S/C28H27ClN6O3/c1-16(22-15-37-28(3,4)38-22)14-31-27(36)21-8-9-35-26(33-21)24(20-10-17(2)32-23(29)12-20)25(34-35)19-7-5-6-18(11-19)13-30/h5-12,16,22H,14-15H2,1-4H3,(H,31,36)/t16-,22-/m1/s1. The Morgan fingerprint density at radius 3 is 2.79 bits per heavy atom. The molecular formula is C28H27ClN6O3. The van der Waals surface area contributed by atoms with Crippen molar-refractivity contribution in [2.45, 2.75) is 39.6 Å². The maximum atomic E-state index is 13.1. The van der Waals surface area contributed by atoms with Gasteiger partial charge in [0, 0.05) is 29.9 Å². The molecule has 5 rings (SSSR count). The summed E-state index contributed by atoms with van der Waals surface area (Å²) in [6, 6.07) is 14.6. The van der Waals surface area contributed by atoms with Crippen LogP contribution in [0.4, 0.5) is 0 Å². The maximum Gasteiger partial charge on any atom is 0.270 e. The molecular weight excluding hydrogens is 504 g/mol. The lowest BCUT2D eigenvalue weighted by molar-refractivity contribution is -0.143. The molecule has 0 bridgehead atoms. The summed E-state index contributed by atoms with van der Waals surface area (Å²) < 4.78 is 13.2. The van der Waals surface area contributed by atoms with Crippen molar-refractivity contribution in [1.29, 1.82) is 5.26 Å². The number of aryl methyl sites for hydroxylation is 1. The van der Waals surface area contributed by atoms with Gasteiger partial charge in [-0.05, 0) is 56.7 Å². The molecule has 1 amide bonds. The van der Waals surface area contributed by atoms with Gasteiger partial charge in [0.05, 0.1) is 29.9 Å². The fourth-order valence-electron chi connectivity index (χ4n) is 4.50. The minimum Gasteiger partial charge on any atom is -0.350 e. The first-order valence-electron chi connectivity index (χ1n) is 12.3. The quantitative estimate of drug-likeness (QED) is 0.356. The average Bonchev–Trinajstić information content (AvgIpc) is 3.46. The van der Waals surface area contributed by atoms with E-state index >= 15 is 0 Å². The Bertz CT molecular complexity index is 1550. The number of aromatic nitrogens is 4. The number of benzene rings is 1. The molecule has 0 unspecified atom stereocenters. The highest BCUT2D eigenvalue weighted by atomic mass is 35.5. The third-order valence-electron chi connectivity index (χ3n) is 6.44. The van der Waals surface area contributed by atoms with Crippen molar-refractivity contribution in [2.24, 2.45) is 5.92 Å². The van der Waals surface area contributed by atoms with Crippen LogP contribution < -0.4 is 5.32 Å². The van der Waals surface area contributed by atoms with Gasteiger partial charge >= 0.3 is 0 Å². The number of nitriles is 1. The molecule has 1 saturated heterocycles. The van der Waals surface area contributed by atoms with Gasteiger partial charge in [0.15, 0.2) is 11.4 Å². The summed E-state index contributed by atoms with van der Waals surface area (Å²) in [7, 11) is 0. The van der Waals surface area contributed by atoms with E-state index in [4.69, 9.17) is 31.2 Å². The second kappa shape index (κ2) is 10.1. The fourth-order valence-corrected chi connectivity index (χ4v) is 4.75. The second-order valence-corrected chi connectivity index (χ2v) is 10.3. The zero-order valence-electron chi connectivity index (χ0n) is 21.5. The molecule has 10 heteroatoms. The summed E-state index contributed by atoms with van der Waals surface area (Å²) in [5.74, 6) is -0.871. The van der Waals surface area contributed by atoms with E-state index in [1.807, 2.05) is 39.8 Å². The number of fused-ring (bicyclic) bond motifs is 1. The number of halogens is 1. The lowest BCUT2D eigenvalue weighted by Gasteiger charge is -2.21. The van der Waals surface area contributed by atoms with E-state index in [1.54, 1.807) is 41.0 Å². The minimum atomic E-state index is -0.618. The number of carbonyl (C=O) groups excluding carboxylic acids is 1. The highest BCUT2D eigenvalue weighted by Crippen LogP contribution is 2.36. The molecule has 38 heavy (non-hydrogen) atoms. The van der Waals surface area contributed by atoms with Crippen molar-refractivity contribution in [2.75, 3.05) is 13.2 Å². The molecule has 0 spiro atoms. The highest BCUT2D eigenvalue weighted by molar-refractivity contribution is 6.29. The van der Waals surface area contributed by atoms with Gasteiger partial charge < -0.3 is 14.8 Å². The van der Waals surface area contributed by atoms with Crippen LogP contribution in [0.5, 0.6) is 0 Å². The van der Waals surface area contributed by atoms with Crippen LogP contribution in [-0.2, 0) is 9.47 Å². The summed E-state index contributed by atoms with van der Waals surface area (Å²) >= 11 is 6.30. The Labute approximate surface area is 225 Å². The highest BCUT2D eigenvalue weighted by Gasteiger charge is 2.35. The average molecular weight is 531 g/mol. The number of hydrogen-bond acceptors (Lipinski definition) is 7. The predicted octanol–water partition coefficient (Wildman–Crippen LogP) is 4.81. The molecule has 3 aromatic heterocycles. The molecule has 0 saturated carbocycles. The van der Waals surface area contributed by atoms with Gasteiger partial charge in [0.1, 0.15) is 16.5 Å². The van der Waals surface area contributed by atoms with Crippen molar-refractivity contribution in [3.05, 3.63) is 70.8 Å².